The number of nitrogens with zero attached hydrogens (tertiary/aromatic N) is 1. The molecule has 0 saturated heterocycles. The number of aryl methyl sites for hydroxylation is 1. The maximum Gasteiger partial charge on any atom is 0.255 e. The van der Waals surface area contributed by atoms with Gasteiger partial charge in [-0.05, 0) is 25.5 Å². The van der Waals surface area contributed by atoms with E-state index in [1.165, 1.54) is 6.07 Å². The van der Waals surface area contributed by atoms with Gasteiger partial charge in [0.15, 0.2) is 0 Å². The Bertz CT molecular complexity index is 617. The molecule has 4 nitrogen and oxygen atoms in total. The van der Waals surface area contributed by atoms with Gasteiger partial charge in [-0.3, -0.25) is 9.36 Å². The summed E-state index contributed by atoms with van der Waals surface area (Å²) in [5.41, 5.74) is 8.12. The molecule has 1 aromatic carbocycles. The van der Waals surface area contributed by atoms with Crippen LogP contribution in [-0.2, 0) is 4.74 Å². The minimum atomic E-state index is -0.313. The molecule has 0 bridgehead atoms. The van der Waals surface area contributed by atoms with Gasteiger partial charge in [-0.1, -0.05) is 12.1 Å². The number of ether oxygens (including phenoxy) is 1. The van der Waals surface area contributed by atoms with Gasteiger partial charge in [0, 0.05) is 24.2 Å². The molecule has 1 aromatic heterocycles. The third-order valence-electron chi connectivity index (χ3n) is 2.94. The average Bonchev–Trinajstić information content (AvgIpc) is 2.28. The van der Waals surface area contributed by atoms with E-state index in [1.54, 1.807) is 11.7 Å². The molecule has 1 heterocycles. The number of nitrogen functional groups attached to an aromatic ring is 1. The minimum Gasteiger partial charge on any atom is -0.398 e. The highest BCUT2D eigenvalue weighted by molar-refractivity contribution is 5.90. The number of anilines is 1. The molecule has 0 aliphatic carbocycles. The van der Waals surface area contributed by atoms with E-state index in [2.05, 4.69) is 0 Å². The van der Waals surface area contributed by atoms with Crippen LogP contribution in [0.2, 0.25) is 0 Å². The Kier molecular flexibility index (Phi) is 2.90. The summed E-state index contributed by atoms with van der Waals surface area (Å²) < 4.78 is 6.84. The van der Waals surface area contributed by atoms with Gasteiger partial charge in [-0.2, -0.15) is 0 Å². The molecule has 1 unspecified atom stereocenters. The predicted molar refractivity (Wildman–Crippen MR) is 69.1 cm³/mol. The maximum atomic E-state index is 12.0. The Labute approximate surface area is 99.6 Å². The van der Waals surface area contributed by atoms with Gasteiger partial charge in [0.2, 0.25) is 0 Å². The monoisotopic (exact) mass is 232 g/mol. The molecule has 0 amide bonds. The molecule has 1 atom stereocenters. The van der Waals surface area contributed by atoms with Crippen molar-refractivity contribution in [1.29, 1.82) is 0 Å². The van der Waals surface area contributed by atoms with Gasteiger partial charge >= 0.3 is 0 Å². The predicted octanol–water partition coefficient (Wildman–Crippen LogP) is 2.06. The molecule has 17 heavy (non-hydrogen) atoms. The topological polar surface area (TPSA) is 57.2 Å². The molecule has 0 aliphatic heterocycles. The third kappa shape index (κ3) is 1.91. The van der Waals surface area contributed by atoms with Crippen molar-refractivity contribution in [2.75, 3.05) is 12.8 Å². The highest BCUT2D eigenvalue weighted by Crippen LogP contribution is 2.22. The zero-order valence-electron chi connectivity index (χ0n) is 10.2. The summed E-state index contributed by atoms with van der Waals surface area (Å²) in [4.78, 5) is 12.0. The van der Waals surface area contributed by atoms with E-state index in [-0.39, 0.29) is 11.8 Å². The Balaban J connectivity index is 2.90. The van der Waals surface area contributed by atoms with E-state index < -0.39 is 0 Å². The highest BCUT2D eigenvalue weighted by atomic mass is 16.5. The van der Waals surface area contributed by atoms with Crippen LogP contribution in [0.4, 0.5) is 5.69 Å². The van der Waals surface area contributed by atoms with Crippen molar-refractivity contribution < 1.29 is 4.74 Å². The molecule has 0 saturated carbocycles. The number of aromatic nitrogens is 1. The van der Waals surface area contributed by atoms with E-state index in [4.69, 9.17) is 10.5 Å². The van der Waals surface area contributed by atoms with Crippen LogP contribution in [-0.4, -0.2) is 11.7 Å². The molecule has 2 N–H and O–H groups in total. The van der Waals surface area contributed by atoms with Crippen LogP contribution in [0.25, 0.3) is 10.9 Å². The summed E-state index contributed by atoms with van der Waals surface area (Å²) in [7, 11) is 1.58. The van der Waals surface area contributed by atoms with Crippen LogP contribution in [0.5, 0.6) is 0 Å². The zero-order valence-corrected chi connectivity index (χ0v) is 10.2. The molecule has 4 heteroatoms. The summed E-state index contributed by atoms with van der Waals surface area (Å²) in [5.74, 6) is 0. The van der Waals surface area contributed by atoms with E-state index in [0.717, 1.165) is 16.5 Å². The van der Waals surface area contributed by atoms with Gasteiger partial charge in [-0.15, -0.1) is 0 Å². The van der Waals surface area contributed by atoms with Crippen molar-refractivity contribution in [3.05, 3.63) is 40.2 Å². The molecule has 2 aromatic rings. The standard InChI is InChI=1S/C13H16N2O2/c1-8-4-5-10-11(14)7-13(16)15(9(2)17-3)12(10)6-8/h4-7,9H,14H2,1-3H3. The first-order valence-corrected chi connectivity index (χ1v) is 5.48. The first-order chi connectivity index (χ1) is 8.04. The number of nitrogens with two attached hydrogens (primary N) is 1. The van der Waals surface area contributed by atoms with Crippen molar-refractivity contribution in [1.82, 2.24) is 4.57 Å². The van der Waals surface area contributed by atoms with Crippen LogP contribution in [0.3, 0.4) is 0 Å². The lowest BCUT2D eigenvalue weighted by atomic mass is 10.1. The smallest absolute Gasteiger partial charge is 0.255 e. The second kappa shape index (κ2) is 4.22. The summed E-state index contributed by atoms with van der Waals surface area (Å²) in [6, 6.07) is 7.29. The number of hydrogen-bond acceptors (Lipinski definition) is 3. The summed E-state index contributed by atoms with van der Waals surface area (Å²) in [5, 5.41) is 0.874. The number of pyridine rings is 1. The third-order valence-corrected chi connectivity index (χ3v) is 2.94. The van der Waals surface area contributed by atoms with Crippen LogP contribution in [0, 0.1) is 6.92 Å². The molecule has 0 aliphatic rings. The lowest BCUT2D eigenvalue weighted by Crippen LogP contribution is -2.24. The van der Waals surface area contributed by atoms with Crippen LogP contribution in [0.1, 0.15) is 18.7 Å². The SMILES string of the molecule is COC(C)n1c(=O)cc(N)c2ccc(C)cc21. The quantitative estimate of drug-likeness (QED) is 0.862. The average molecular weight is 232 g/mol. The first-order valence-electron chi connectivity index (χ1n) is 5.48. The fraction of sp³-hybridized carbons (Fsp3) is 0.308. The van der Waals surface area contributed by atoms with E-state index in [0.29, 0.717) is 5.69 Å². The maximum absolute atomic E-state index is 12.0. The summed E-state index contributed by atoms with van der Waals surface area (Å²) >= 11 is 0. The Hall–Kier alpha value is -1.81. The van der Waals surface area contributed by atoms with E-state index in [9.17, 15) is 4.79 Å². The molecule has 2 rings (SSSR count). The Morgan fingerprint density at radius 2 is 2.06 bits per heavy atom. The number of hydrogen-bond donors (Lipinski definition) is 1. The zero-order chi connectivity index (χ0) is 12.6. The fourth-order valence-corrected chi connectivity index (χ4v) is 1.96. The van der Waals surface area contributed by atoms with Crippen molar-refractivity contribution in [2.24, 2.45) is 0 Å². The van der Waals surface area contributed by atoms with Crippen molar-refractivity contribution >= 4 is 16.6 Å². The van der Waals surface area contributed by atoms with Crippen molar-refractivity contribution in [2.45, 2.75) is 20.1 Å². The summed E-state index contributed by atoms with van der Waals surface area (Å²) in [6.45, 7) is 3.81. The van der Waals surface area contributed by atoms with E-state index in [1.807, 2.05) is 32.0 Å². The minimum absolute atomic E-state index is 0.144. The molecular weight excluding hydrogens is 216 g/mol. The number of fused-ring (bicyclic) bond motifs is 1. The van der Waals surface area contributed by atoms with Crippen LogP contribution >= 0.6 is 0 Å². The molecule has 0 spiro atoms. The lowest BCUT2D eigenvalue weighted by molar-refractivity contribution is 0.0614. The number of methoxy groups -OCH3 is 1. The molecule has 0 radical (unpaired) electrons. The van der Waals surface area contributed by atoms with Gasteiger partial charge in [0.25, 0.3) is 5.56 Å². The van der Waals surface area contributed by atoms with E-state index >= 15 is 0 Å². The Morgan fingerprint density at radius 3 is 2.71 bits per heavy atom. The van der Waals surface area contributed by atoms with Crippen molar-refractivity contribution in [3.8, 4) is 0 Å². The molecular formula is C13H16N2O2. The van der Waals surface area contributed by atoms with Crippen molar-refractivity contribution in [3.63, 3.8) is 0 Å². The fourth-order valence-electron chi connectivity index (χ4n) is 1.96. The van der Waals surface area contributed by atoms with Gasteiger partial charge in [0.05, 0.1) is 5.52 Å². The van der Waals surface area contributed by atoms with Gasteiger partial charge in [-0.25, -0.2) is 0 Å². The Morgan fingerprint density at radius 1 is 1.35 bits per heavy atom. The second-order valence-corrected chi connectivity index (χ2v) is 4.16. The lowest BCUT2D eigenvalue weighted by Gasteiger charge is -2.17. The molecule has 0 fully saturated rings. The summed E-state index contributed by atoms with van der Waals surface area (Å²) in [6.07, 6.45) is -0.313. The van der Waals surface area contributed by atoms with Crippen LogP contribution in [0.15, 0.2) is 29.1 Å². The van der Waals surface area contributed by atoms with Crippen LogP contribution < -0.4 is 11.3 Å². The second-order valence-electron chi connectivity index (χ2n) is 4.16. The largest absolute Gasteiger partial charge is 0.398 e. The molecule has 90 valence electrons. The van der Waals surface area contributed by atoms with Gasteiger partial charge < -0.3 is 10.5 Å². The number of rotatable bonds is 2. The highest BCUT2D eigenvalue weighted by Gasteiger charge is 2.11. The van der Waals surface area contributed by atoms with Gasteiger partial charge in [0.1, 0.15) is 6.23 Å². The normalized spacial score (nSPS) is 12.9. The number of benzene rings is 1. The first kappa shape index (κ1) is 11.7.